The fraction of sp³-hybridized carbons (Fsp3) is 0.160. The largest absolute Gasteiger partial charge is 0.482 e. The van der Waals surface area contributed by atoms with Crippen LogP contribution >= 0.6 is 0 Å². The fourth-order valence-electron chi connectivity index (χ4n) is 3.55. The number of ether oxygens (including phenoxy) is 2. The molecule has 4 aromatic rings. The molecule has 0 spiro atoms. The number of carbonyl (C=O) groups excluding carboxylic acids is 2. The Bertz CT molecular complexity index is 1300. The zero-order chi connectivity index (χ0) is 22.5. The van der Waals surface area contributed by atoms with Crippen molar-refractivity contribution in [3.63, 3.8) is 0 Å². The van der Waals surface area contributed by atoms with E-state index in [1.165, 1.54) is 7.11 Å². The first-order chi connectivity index (χ1) is 15.6. The number of hydrogen-bond donors (Lipinski definition) is 1. The number of carbonyl (C=O) groups is 2. The molecule has 0 aliphatic heterocycles. The maximum atomic E-state index is 13.0. The lowest BCUT2D eigenvalue weighted by molar-refractivity contribution is -0.142. The van der Waals surface area contributed by atoms with Crippen LogP contribution in [0.4, 0.5) is 0 Å². The number of aromatic nitrogens is 2. The molecule has 1 N–H and O–H groups in total. The van der Waals surface area contributed by atoms with Crippen LogP contribution < -0.4 is 10.4 Å². The summed E-state index contributed by atoms with van der Waals surface area (Å²) < 4.78 is 13.5. The first-order valence-corrected chi connectivity index (χ1v) is 10.2. The molecule has 0 saturated heterocycles. The van der Waals surface area contributed by atoms with Gasteiger partial charge in [0.2, 0.25) is 5.62 Å². The molecule has 7 heteroatoms. The smallest absolute Gasteiger partial charge is 0.343 e. The Morgan fingerprint density at radius 1 is 0.844 bits per heavy atom. The number of esters is 1. The Morgan fingerprint density at radius 2 is 1.47 bits per heavy atom. The van der Waals surface area contributed by atoms with Gasteiger partial charge in [0.05, 0.1) is 31.2 Å². The van der Waals surface area contributed by atoms with Crippen molar-refractivity contribution >= 4 is 22.8 Å². The van der Waals surface area contributed by atoms with Gasteiger partial charge in [-0.15, -0.1) is 0 Å². The Kier molecular flexibility index (Phi) is 6.17. The van der Waals surface area contributed by atoms with E-state index in [1.807, 2.05) is 59.2 Å². The van der Waals surface area contributed by atoms with Gasteiger partial charge in [0.15, 0.2) is 12.4 Å². The lowest BCUT2D eigenvalue weighted by Crippen LogP contribution is -2.27. The van der Waals surface area contributed by atoms with Gasteiger partial charge in [0.25, 0.3) is 0 Å². The Labute approximate surface area is 185 Å². The quantitative estimate of drug-likeness (QED) is 0.344. The molecule has 4 rings (SSSR count). The lowest BCUT2D eigenvalue weighted by Gasteiger charge is -2.07. The standard InChI is InChI=1S/C25H23N3O4/c1-31-24(30)17-32-20-13-11-19(12-14-20)23(29)16-28-22-10-6-5-9-21(22)27(25(28)26)15-18-7-3-2-4-8-18/h2-14,26H,15-17H2,1H3. The summed E-state index contributed by atoms with van der Waals surface area (Å²) in [5, 5.41) is 8.74. The number of ketones is 1. The summed E-state index contributed by atoms with van der Waals surface area (Å²) in [7, 11) is 1.29. The van der Waals surface area contributed by atoms with Gasteiger partial charge in [-0.05, 0) is 42.0 Å². The van der Waals surface area contributed by atoms with Gasteiger partial charge >= 0.3 is 5.97 Å². The molecule has 1 heterocycles. The highest BCUT2D eigenvalue weighted by atomic mass is 16.6. The third kappa shape index (κ3) is 4.46. The van der Waals surface area contributed by atoms with Gasteiger partial charge in [-0.2, -0.15) is 0 Å². The molecule has 0 aliphatic carbocycles. The number of para-hydroxylation sites is 2. The average molecular weight is 429 g/mol. The second-order valence-corrected chi connectivity index (χ2v) is 7.28. The second kappa shape index (κ2) is 9.34. The number of nitrogens with zero attached hydrogens (tertiary/aromatic N) is 2. The molecule has 0 aliphatic rings. The van der Waals surface area contributed by atoms with E-state index in [4.69, 9.17) is 10.1 Å². The van der Waals surface area contributed by atoms with Crippen LogP contribution in [0.15, 0.2) is 78.9 Å². The topological polar surface area (TPSA) is 86.3 Å². The number of nitrogens with one attached hydrogen (secondary N) is 1. The van der Waals surface area contributed by atoms with Crippen LogP contribution in [0.25, 0.3) is 11.0 Å². The Hall–Kier alpha value is -4.13. The highest BCUT2D eigenvalue weighted by Crippen LogP contribution is 2.17. The maximum Gasteiger partial charge on any atom is 0.343 e. The van der Waals surface area contributed by atoms with Gasteiger partial charge in [-0.25, -0.2) is 4.79 Å². The van der Waals surface area contributed by atoms with Crippen LogP contribution in [-0.2, 0) is 22.6 Å². The molecule has 7 nitrogen and oxygen atoms in total. The number of methoxy groups -OCH3 is 1. The van der Waals surface area contributed by atoms with Crippen LogP contribution in [-0.4, -0.2) is 34.6 Å². The molecular weight excluding hydrogens is 406 g/mol. The Balaban J connectivity index is 1.58. The van der Waals surface area contributed by atoms with Crippen molar-refractivity contribution in [3.8, 4) is 5.75 Å². The van der Waals surface area contributed by atoms with E-state index in [0.717, 1.165) is 16.6 Å². The maximum absolute atomic E-state index is 13.0. The van der Waals surface area contributed by atoms with Gasteiger partial charge in [0, 0.05) is 5.56 Å². The summed E-state index contributed by atoms with van der Waals surface area (Å²) in [6, 6.07) is 24.3. The molecule has 0 bridgehead atoms. The molecular formula is C25H23N3O4. The lowest BCUT2D eigenvalue weighted by atomic mass is 10.1. The predicted octanol–water partition coefficient (Wildman–Crippen LogP) is 3.41. The minimum atomic E-state index is -0.476. The second-order valence-electron chi connectivity index (χ2n) is 7.28. The van der Waals surface area contributed by atoms with Crippen LogP contribution in [0.2, 0.25) is 0 Å². The number of Topliss-reactive ketones (excluding diaryl/α,β-unsaturated/α-hetero) is 1. The number of hydrogen-bond acceptors (Lipinski definition) is 5. The normalized spacial score (nSPS) is 10.8. The molecule has 0 radical (unpaired) electrons. The van der Waals surface area contributed by atoms with Crippen LogP contribution in [0, 0.1) is 5.41 Å². The van der Waals surface area contributed by atoms with E-state index in [0.29, 0.717) is 17.9 Å². The van der Waals surface area contributed by atoms with E-state index in [1.54, 1.807) is 28.8 Å². The third-order valence-corrected chi connectivity index (χ3v) is 5.22. The Morgan fingerprint density at radius 3 is 2.12 bits per heavy atom. The minimum absolute atomic E-state index is 0.0451. The summed E-state index contributed by atoms with van der Waals surface area (Å²) in [4.78, 5) is 24.2. The zero-order valence-corrected chi connectivity index (χ0v) is 17.7. The first-order valence-electron chi connectivity index (χ1n) is 10.2. The van der Waals surface area contributed by atoms with Crippen molar-refractivity contribution < 1.29 is 19.1 Å². The van der Waals surface area contributed by atoms with Gasteiger partial charge in [-0.3, -0.25) is 10.2 Å². The van der Waals surface area contributed by atoms with E-state index in [2.05, 4.69) is 4.74 Å². The van der Waals surface area contributed by atoms with Crippen molar-refractivity contribution in [1.29, 1.82) is 5.41 Å². The highest BCUT2D eigenvalue weighted by Gasteiger charge is 2.15. The fourth-order valence-corrected chi connectivity index (χ4v) is 3.55. The summed E-state index contributed by atoms with van der Waals surface area (Å²) in [5.74, 6) is -0.123. The van der Waals surface area contributed by atoms with E-state index in [-0.39, 0.29) is 24.6 Å². The van der Waals surface area contributed by atoms with Crippen molar-refractivity contribution in [2.75, 3.05) is 13.7 Å². The van der Waals surface area contributed by atoms with Crippen molar-refractivity contribution in [2.24, 2.45) is 0 Å². The van der Waals surface area contributed by atoms with Gasteiger partial charge in [-0.1, -0.05) is 42.5 Å². The molecule has 0 saturated carbocycles. The third-order valence-electron chi connectivity index (χ3n) is 5.22. The SMILES string of the molecule is COC(=O)COc1ccc(C(=O)Cn2c(=N)n(Cc3ccccc3)c3ccccc32)cc1. The first kappa shape index (κ1) is 21.1. The number of rotatable bonds is 8. The van der Waals surface area contributed by atoms with Gasteiger partial charge in [0.1, 0.15) is 5.75 Å². The predicted molar refractivity (Wildman–Crippen MR) is 120 cm³/mol. The molecule has 1 aromatic heterocycles. The van der Waals surface area contributed by atoms with Crippen molar-refractivity contribution in [3.05, 3.63) is 95.6 Å². The molecule has 0 fully saturated rings. The number of benzene rings is 3. The zero-order valence-electron chi connectivity index (χ0n) is 17.7. The van der Waals surface area contributed by atoms with E-state index >= 15 is 0 Å². The molecule has 0 atom stereocenters. The minimum Gasteiger partial charge on any atom is -0.482 e. The number of fused-ring (bicyclic) bond motifs is 1. The summed E-state index contributed by atoms with van der Waals surface area (Å²) in [6.45, 7) is 0.403. The number of imidazole rings is 1. The van der Waals surface area contributed by atoms with Crippen LogP contribution in [0.5, 0.6) is 5.75 Å². The summed E-state index contributed by atoms with van der Waals surface area (Å²) >= 11 is 0. The van der Waals surface area contributed by atoms with Gasteiger partial charge < -0.3 is 18.6 Å². The monoisotopic (exact) mass is 429 g/mol. The van der Waals surface area contributed by atoms with Crippen molar-refractivity contribution in [2.45, 2.75) is 13.1 Å². The molecule has 0 amide bonds. The van der Waals surface area contributed by atoms with E-state index in [9.17, 15) is 9.59 Å². The summed E-state index contributed by atoms with van der Waals surface area (Å²) in [5.41, 5.74) is 3.59. The van der Waals surface area contributed by atoms with Crippen molar-refractivity contribution in [1.82, 2.24) is 9.13 Å². The van der Waals surface area contributed by atoms with E-state index < -0.39 is 5.97 Å². The van der Waals surface area contributed by atoms with Crippen LogP contribution in [0.3, 0.4) is 0 Å². The molecule has 32 heavy (non-hydrogen) atoms. The molecule has 0 unspecified atom stereocenters. The molecule has 3 aromatic carbocycles. The summed E-state index contributed by atoms with van der Waals surface area (Å²) in [6.07, 6.45) is 0. The highest BCUT2D eigenvalue weighted by molar-refractivity contribution is 5.96. The average Bonchev–Trinajstić information content (AvgIpc) is 3.09. The molecule has 162 valence electrons. The van der Waals surface area contributed by atoms with Crippen LogP contribution in [0.1, 0.15) is 15.9 Å².